The second-order valence-electron chi connectivity index (χ2n) is 2.63. The van der Waals surface area contributed by atoms with Crippen molar-refractivity contribution < 1.29 is 9.47 Å². The number of hydrogen-bond donors (Lipinski definition) is 0. The van der Waals surface area contributed by atoms with Gasteiger partial charge in [0.2, 0.25) is 0 Å². The summed E-state index contributed by atoms with van der Waals surface area (Å²) in [4.78, 5) is 0. The molecule has 0 amide bonds. The van der Waals surface area contributed by atoms with E-state index in [1.807, 2.05) is 24.3 Å². The molecular weight excluding hydrogens is 176 g/mol. The molecule has 0 unspecified atom stereocenters. The van der Waals surface area contributed by atoms with E-state index in [9.17, 15) is 0 Å². The Bertz CT molecular complexity index is 305. The summed E-state index contributed by atoms with van der Waals surface area (Å²) in [5.74, 6) is 0.829. The molecule has 0 aromatic heterocycles. The topological polar surface area (TPSA) is 18.5 Å². The van der Waals surface area contributed by atoms with E-state index in [1.165, 1.54) is 6.26 Å². The van der Waals surface area contributed by atoms with Gasteiger partial charge in [0.25, 0.3) is 0 Å². The van der Waals surface area contributed by atoms with Gasteiger partial charge in [-0.1, -0.05) is 37.4 Å². The van der Waals surface area contributed by atoms with Crippen molar-refractivity contribution in [3.05, 3.63) is 49.2 Å². The summed E-state index contributed by atoms with van der Waals surface area (Å²) < 4.78 is 10.4. The number of benzene rings is 1. The van der Waals surface area contributed by atoms with Crippen molar-refractivity contribution in [2.45, 2.75) is 0 Å². The second-order valence-corrected chi connectivity index (χ2v) is 2.63. The van der Waals surface area contributed by atoms with E-state index in [-0.39, 0.29) is 0 Å². The van der Waals surface area contributed by atoms with Gasteiger partial charge in [-0.2, -0.15) is 0 Å². The quantitative estimate of drug-likeness (QED) is 0.507. The lowest BCUT2D eigenvalue weighted by Crippen LogP contribution is -2.04. The fraction of sp³-hybridized carbons (Fsp3) is 0.167. The minimum absolute atomic E-state index is 0.509. The van der Waals surface area contributed by atoms with E-state index >= 15 is 0 Å². The standard InChI is InChI=1S/C12H14O2/c1-3-11-7-5-6-8-12(11)14-10-9-13-4-2/h3-8H,1-2,9-10H2. The number of rotatable bonds is 6. The highest BCUT2D eigenvalue weighted by molar-refractivity contribution is 5.55. The molecule has 0 aliphatic heterocycles. The Hall–Kier alpha value is -1.70. The van der Waals surface area contributed by atoms with Gasteiger partial charge in [0.15, 0.2) is 0 Å². The van der Waals surface area contributed by atoms with E-state index in [0.717, 1.165) is 11.3 Å². The largest absolute Gasteiger partial charge is 0.498 e. The van der Waals surface area contributed by atoms with Crippen molar-refractivity contribution >= 4 is 6.08 Å². The predicted octanol–water partition coefficient (Wildman–Crippen LogP) is 2.87. The molecule has 0 fully saturated rings. The number of ether oxygens (including phenoxy) is 2. The summed E-state index contributed by atoms with van der Waals surface area (Å²) in [6.45, 7) is 8.17. The van der Waals surface area contributed by atoms with E-state index in [2.05, 4.69) is 13.2 Å². The van der Waals surface area contributed by atoms with Gasteiger partial charge in [0.05, 0.1) is 6.26 Å². The first-order valence-electron chi connectivity index (χ1n) is 4.45. The summed E-state index contributed by atoms with van der Waals surface area (Å²) in [5, 5.41) is 0. The van der Waals surface area contributed by atoms with E-state index < -0.39 is 0 Å². The molecule has 1 aromatic carbocycles. The van der Waals surface area contributed by atoms with E-state index in [0.29, 0.717) is 13.2 Å². The Kier molecular flexibility index (Phi) is 4.35. The molecule has 0 spiro atoms. The molecular formula is C12H14O2. The summed E-state index contributed by atoms with van der Waals surface area (Å²) >= 11 is 0. The van der Waals surface area contributed by atoms with Gasteiger partial charge in [-0.3, -0.25) is 0 Å². The predicted molar refractivity (Wildman–Crippen MR) is 58.2 cm³/mol. The number of para-hydroxylation sites is 1. The molecule has 74 valence electrons. The zero-order valence-electron chi connectivity index (χ0n) is 8.11. The summed E-state index contributed by atoms with van der Waals surface area (Å²) in [7, 11) is 0. The molecule has 14 heavy (non-hydrogen) atoms. The van der Waals surface area contributed by atoms with E-state index in [1.54, 1.807) is 6.08 Å². The van der Waals surface area contributed by atoms with Crippen molar-refractivity contribution in [3.63, 3.8) is 0 Å². The minimum Gasteiger partial charge on any atom is -0.498 e. The fourth-order valence-corrected chi connectivity index (χ4v) is 1.06. The molecule has 0 N–H and O–H groups in total. The molecule has 1 aromatic rings. The van der Waals surface area contributed by atoms with Crippen LogP contribution in [-0.4, -0.2) is 13.2 Å². The van der Waals surface area contributed by atoms with Crippen LogP contribution in [0.1, 0.15) is 5.56 Å². The van der Waals surface area contributed by atoms with Gasteiger partial charge in [-0.15, -0.1) is 0 Å². The Morgan fingerprint density at radius 2 is 1.93 bits per heavy atom. The maximum atomic E-state index is 5.49. The van der Waals surface area contributed by atoms with Crippen molar-refractivity contribution in [1.29, 1.82) is 0 Å². The van der Waals surface area contributed by atoms with Gasteiger partial charge in [0.1, 0.15) is 19.0 Å². The highest BCUT2D eigenvalue weighted by Crippen LogP contribution is 2.18. The Morgan fingerprint density at radius 1 is 1.14 bits per heavy atom. The van der Waals surface area contributed by atoms with Crippen molar-refractivity contribution in [2.75, 3.05) is 13.2 Å². The van der Waals surface area contributed by atoms with Gasteiger partial charge >= 0.3 is 0 Å². The molecule has 1 rings (SSSR count). The minimum atomic E-state index is 0.509. The highest BCUT2D eigenvalue weighted by Gasteiger charge is 1.97. The van der Waals surface area contributed by atoms with E-state index in [4.69, 9.17) is 9.47 Å². The van der Waals surface area contributed by atoms with Crippen LogP contribution in [0.4, 0.5) is 0 Å². The molecule has 0 aliphatic carbocycles. The second kappa shape index (κ2) is 5.86. The lowest BCUT2D eigenvalue weighted by atomic mass is 10.2. The smallest absolute Gasteiger partial charge is 0.126 e. The Labute approximate surface area is 84.5 Å². The highest BCUT2D eigenvalue weighted by atomic mass is 16.5. The van der Waals surface area contributed by atoms with Gasteiger partial charge in [-0.25, -0.2) is 0 Å². The molecule has 0 saturated carbocycles. The Balaban J connectivity index is 2.48. The third kappa shape index (κ3) is 2.98. The van der Waals surface area contributed by atoms with Crippen LogP contribution in [0.5, 0.6) is 5.75 Å². The van der Waals surface area contributed by atoms with Crippen LogP contribution in [0.25, 0.3) is 6.08 Å². The van der Waals surface area contributed by atoms with Crippen molar-refractivity contribution in [2.24, 2.45) is 0 Å². The average Bonchev–Trinajstić information content (AvgIpc) is 2.25. The van der Waals surface area contributed by atoms with Crippen LogP contribution >= 0.6 is 0 Å². The molecule has 0 aliphatic rings. The van der Waals surface area contributed by atoms with Crippen LogP contribution in [0, 0.1) is 0 Å². The van der Waals surface area contributed by atoms with Crippen LogP contribution < -0.4 is 4.74 Å². The molecule has 0 radical (unpaired) electrons. The normalized spacial score (nSPS) is 9.14. The zero-order valence-corrected chi connectivity index (χ0v) is 8.11. The lowest BCUT2D eigenvalue weighted by molar-refractivity contribution is 0.179. The van der Waals surface area contributed by atoms with Gasteiger partial charge in [0, 0.05) is 5.56 Å². The summed E-state index contributed by atoms with van der Waals surface area (Å²) in [6.07, 6.45) is 3.17. The molecule has 0 atom stereocenters. The molecule has 0 bridgehead atoms. The van der Waals surface area contributed by atoms with Crippen LogP contribution in [0.3, 0.4) is 0 Å². The first-order chi connectivity index (χ1) is 6.88. The van der Waals surface area contributed by atoms with Gasteiger partial charge < -0.3 is 9.47 Å². The fourth-order valence-electron chi connectivity index (χ4n) is 1.06. The summed E-state index contributed by atoms with van der Waals surface area (Å²) in [6, 6.07) is 7.74. The van der Waals surface area contributed by atoms with Crippen LogP contribution in [0.15, 0.2) is 43.7 Å². The SMILES string of the molecule is C=COCCOc1ccccc1C=C. The maximum absolute atomic E-state index is 5.49. The summed E-state index contributed by atoms with van der Waals surface area (Å²) in [5.41, 5.74) is 0.992. The Morgan fingerprint density at radius 3 is 2.64 bits per heavy atom. The van der Waals surface area contributed by atoms with Crippen LogP contribution in [0.2, 0.25) is 0 Å². The molecule has 0 saturated heterocycles. The third-order valence-electron chi connectivity index (χ3n) is 1.72. The van der Waals surface area contributed by atoms with Crippen molar-refractivity contribution in [3.8, 4) is 5.75 Å². The lowest BCUT2D eigenvalue weighted by Gasteiger charge is -2.08. The molecule has 2 heteroatoms. The first-order valence-corrected chi connectivity index (χ1v) is 4.45. The zero-order chi connectivity index (χ0) is 10.2. The van der Waals surface area contributed by atoms with Gasteiger partial charge in [-0.05, 0) is 6.07 Å². The average molecular weight is 190 g/mol. The van der Waals surface area contributed by atoms with Crippen molar-refractivity contribution in [1.82, 2.24) is 0 Å². The molecule has 2 nitrogen and oxygen atoms in total. The van der Waals surface area contributed by atoms with Crippen LogP contribution in [-0.2, 0) is 4.74 Å². The first kappa shape index (κ1) is 10.4. The third-order valence-corrected chi connectivity index (χ3v) is 1.72. The number of hydrogen-bond acceptors (Lipinski definition) is 2. The maximum Gasteiger partial charge on any atom is 0.126 e. The molecule has 0 heterocycles. The monoisotopic (exact) mass is 190 g/mol.